The summed E-state index contributed by atoms with van der Waals surface area (Å²) >= 11 is 0. The molecule has 2 heterocycles. The van der Waals surface area contributed by atoms with Crippen LogP contribution in [0.2, 0.25) is 0 Å². The molecule has 1 aromatic heterocycles. The molecule has 11 heteroatoms. The van der Waals surface area contributed by atoms with Crippen molar-refractivity contribution in [1.29, 1.82) is 0 Å². The van der Waals surface area contributed by atoms with Crippen LogP contribution in [-0.2, 0) is 19.2 Å². The number of hydrogen-bond acceptors (Lipinski definition) is 7. The Morgan fingerprint density at radius 2 is 1.54 bits per heavy atom. The molecule has 5 N–H and O–H groups in total. The van der Waals surface area contributed by atoms with E-state index in [-0.39, 0.29) is 6.10 Å². The fourth-order valence-electron chi connectivity index (χ4n) is 2.03. The number of aliphatic hydroxyl groups excluding tert-OH is 1. The van der Waals surface area contributed by atoms with Gasteiger partial charge in [0.15, 0.2) is 0 Å². The Morgan fingerprint density at radius 3 is 1.92 bits per heavy atom. The van der Waals surface area contributed by atoms with Crippen LogP contribution in [0.4, 0.5) is 0 Å². The summed E-state index contributed by atoms with van der Waals surface area (Å²) in [5.74, 6) is -7.30. The standard InChI is InChI=1S/C11H16N2O.2C2H2O4/c1-13-6-4-10(14)7-11(13)9-3-2-5-12-8-9;2*3-1(4)2(5)6/h2-3,5,8,10-11,14H,4,6-7H2,1H3;2*(H,3,4)(H,5,6). The van der Waals surface area contributed by atoms with Crippen LogP contribution in [0.3, 0.4) is 0 Å². The number of aliphatic carboxylic acids is 4. The van der Waals surface area contributed by atoms with Crippen molar-refractivity contribution < 1.29 is 44.7 Å². The van der Waals surface area contributed by atoms with E-state index >= 15 is 0 Å². The van der Waals surface area contributed by atoms with Gasteiger partial charge in [0.2, 0.25) is 0 Å². The molecule has 26 heavy (non-hydrogen) atoms. The molecule has 0 amide bonds. The molecule has 0 aromatic carbocycles. The summed E-state index contributed by atoms with van der Waals surface area (Å²) in [5, 5.41) is 39.2. The summed E-state index contributed by atoms with van der Waals surface area (Å²) in [7, 11) is 2.10. The van der Waals surface area contributed by atoms with Crippen LogP contribution >= 0.6 is 0 Å². The molecule has 1 aliphatic heterocycles. The molecule has 0 radical (unpaired) electrons. The average molecular weight is 372 g/mol. The lowest BCUT2D eigenvalue weighted by molar-refractivity contribution is -0.159. The molecule has 0 aliphatic carbocycles. The minimum Gasteiger partial charge on any atom is -0.473 e. The van der Waals surface area contributed by atoms with E-state index in [0.717, 1.165) is 19.4 Å². The van der Waals surface area contributed by atoms with Crippen LogP contribution in [0, 0.1) is 0 Å². The van der Waals surface area contributed by atoms with E-state index in [2.05, 4.69) is 23.0 Å². The highest BCUT2D eigenvalue weighted by Gasteiger charge is 2.25. The van der Waals surface area contributed by atoms with Crippen molar-refractivity contribution in [1.82, 2.24) is 9.88 Å². The lowest BCUT2D eigenvalue weighted by Crippen LogP contribution is -2.36. The molecule has 1 saturated heterocycles. The van der Waals surface area contributed by atoms with Crippen molar-refractivity contribution in [3.8, 4) is 0 Å². The summed E-state index contributed by atoms with van der Waals surface area (Å²) < 4.78 is 0. The maximum Gasteiger partial charge on any atom is 0.414 e. The van der Waals surface area contributed by atoms with Gasteiger partial charge in [-0.05, 0) is 31.5 Å². The van der Waals surface area contributed by atoms with E-state index in [1.54, 1.807) is 6.20 Å². The normalized spacial score (nSPS) is 19.0. The van der Waals surface area contributed by atoms with Crippen molar-refractivity contribution in [2.45, 2.75) is 25.0 Å². The van der Waals surface area contributed by atoms with E-state index in [0.29, 0.717) is 6.04 Å². The second-order valence-corrected chi connectivity index (χ2v) is 5.18. The van der Waals surface area contributed by atoms with Crippen LogP contribution < -0.4 is 0 Å². The number of carbonyl (C=O) groups is 4. The first-order valence-electron chi connectivity index (χ1n) is 7.26. The van der Waals surface area contributed by atoms with E-state index in [1.165, 1.54) is 5.56 Å². The highest BCUT2D eigenvalue weighted by atomic mass is 16.4. The maximum absolute atomic E-state index is 9.61. The molecule has 0 spiro atoms. The van der Waals surface area contributed by atoms with Crippen molar-refractivity contribution in [2.24, 2.45) is 0 Å². The van der Waals surface area contributed by atoms with Gasteiger partial charge in [-0.2, -0.15) is 0 Å². The fraction of sp³-hybridized carbons (Fsp3) is 0.400. The third kappa shape index (κ3) is 9.30. The number of pyridine rings is 1. The Balaban J connectivity index is 0.000000437. The van der Waals surface area contributed by atoms with Crippen LogP contribution in [0.5, 0.6) is 0 Å². The largest absolute Gasteiger partial charge is 0.473 e. The average Bonchev–Trinajstić information content (AvgIpc) is 2.58. The number of piperidine rings is 1. The number of aromatic nitrogens is 1. The number of nitrogens with zero attached hydrogens (tertiary/aromatic N) is 2. The molecule has 11 nitrogen and oxygen atoms in total. The van der Waals surface area contributed by atoms with Crippen molar-refractivity contribution in [3.63, 3.8) is 0 Å². The molecule has 1 fully saturated rings. The van der Waals surface area contributed by atoms with Crippen LogP contribution in [0.15, 0.2) is 24.5 Å². The zero-order valence-corrected chi connectivity index (χ0v) is 13.8. The summed E-state index contributed by atoms with van der Waals surface area (Å²) in [4.78, 5) is 42.8. The van der Waals surface area contributed by atoms with Crippen LogP contribution in [0.1, 0.15) is 24.4 Å². The number of hydrogen-bond donors (Lipinski definition) is 5. The monoisotopic (exact) mass is 372 g/mol. The number of aliphatic hydroxyl groups is 1. The van der Waals surface area contributed by atoms with Crippen molar-refractivity contribution in [3.05, 3.63) is 30.1 Å². The third-order valence-corrected chi connectivity index (χ3v) is 3.28. The van der Waals surface area contributed by atoms with E-state index < -0.39 is 23.9 Å². The topological polar surface area (TPSA) is 186 Å². The molecule has 0 bridgehead atoms. The molecule has 0 saturated carbocycles. The molecular weight excluding hydrogens is 352 g/mol. The first kappa shape index (κ1) is 22.9. The van der Waals surface area contributed by atoms with Gasteiger partial charge in [-0.1, -0.05) is 6.07 Å². The lowest BCUT2D eigenvalue weighted by Gasteiger charge is -2.35. The molecule has 2 unspecified atom stereocenters. The van der Waals surface area contributed by atoms with Gasteiger partial charge in [0.05, 0.1) is 6.10 Å². The molecule has 2 atom stereocenters. The zero-order valence-electron chi connectivity index (χ0n) is 13.8. The van der Waals surface area contributed by atoms with Gasteiger partial charge >= 0.3 is 23.9 Å². The SMILES string of the molecule is CN1CCC(O)CC1c1cccnc1.O=C(O)C(=O)O.O=C(O)C(=O)O. The van der Waals surface area contributed by atoms with E-state index in [1.807, 2.05) is 12.3 Å². The Kier molecular flexibility index (Phi) is 10.1. The van der Waals surface area contributed by atoms with Gasteiger partial charge in [0, 0.05) is 25.0 Å². The Labute approximate surface area is 148 Å². The quantitative estimate of drug-likeness (QED) is 0.401. The molecule has 1 aromatic rings. The number of carboxylic acid groups (broad SMARTS) is 4. The van der Waals surface area contributed by atoms with E-state index in [9.17, 15) is 5.11 Å². The predicted octanol–water partition coefficient (Wildman–Crippen LogP) is -0.480. The number of rotatable bonds is 1. The van der Waals surface area contributed by atoms with Gasteiger partial charge in [0.25, 0.3) is 0 Å². The second kappa shape index (κ2) is 11.5. The van der Waals surface area contributed by atoms with Gasteiger partial charge in [-0.15, -0.1) is 0 Å². The minimum absolute atomic E-state index is 0.156. The van der Waals surface area contributed by atoms with E-state index in [4.69, 9.17) is 39.6 Å². The second-order valence-electron chi connectivity index (χ2n) is 5.18. The molecule has 144 valence electrons. The third-order valence-electron chi connectivity index (χ3n) is 3.28. The van der Waals surface area contributed by atoms with Gasteiger partial charge in [-0.3, -0.25) is 9.88 Å². The molecule has 2 rings (SSSR count). The highest BCUT2D eigenvalue weighted by Crippen LogP contribution is 2.28. The summed E-state index contributed by atoms with van der Waals surface area (Å²) in [6.07, 6.45) is 5.22. The first-order chi connectivity index (χ1) is 12.1. The smallest absolute Gasteiger partial charge is 0.414 e. The minimum atomic E-state index is -1.82. The zero-order chi connectivity index (χ0) is 20.3. The molecular formula is C15H20N2O9. The summed E-state index contributed by atoms with van der Waals surface area (Å²) in [6.45, 7) is 0.959. The Hall–Kier alpha value is -3.05. The van der Waals surface area contributed by atoms with Gasteiger partial charge < -0.3 is 25.5 Å². The van der Waals surface area contributed by atoms with Crippen LogP contribution in [0.25, 0.3) is 0 Å². The van der Waals surface area contributed by atoms with Gasteiger partial charge in [0.1, 0.15) is 0 Å². The Bertz CT molecular complexity index is 573. The Morgan fingerprint density at radius 1 is 1.04 bits per heavy atom. The lowest BCUT2D eigenvalue weighted by atomic mass is 9.95. The van der Waals surface area contributed by atoms with Gasteiger partial charge in [-0.25, -0.2) is 19.2 Å². The number of likely N-dealkylation sites (tertiary alicyclic amines) is 1. The van der Waals surface area contributed by atoms with Crippen LogP contribution in [-0.4, -0.2) is 79.0 Å². The summed E-state index contributed by atoms with van der Waals surface area (Å²) in [6, 6.07) is 4.35. The highest BCUT2D eigenvalue weighted by molar-refractivity contribution is 6.27. The predicted molar refractivity (Wildman–Crippen MR) is 85.4 cm³/mol. The molecule has 1 aliphatic rings. The fourth-order valence-corrected chi connectivity index (χ4v) is 2.03. The maximum atomic E-state index is 9.61. The van der Waals surface area contributed by atoms with Crippen molar-refractivity contribution >= 4 is 23.9 Å². The first-order valence-corrected chi connectivity index (χ1v) is 7.26. The number of carboxylic acids is 4. The summed E-state index contributed by atoms with van der Waals surface area (Å²) in [5.41, 5.74) is 1.20. The van der Waals surface area contributed by atoms with Crippen molar-refractivity contribution in [2.75, 3.05) is 13.6 Å².